The van der Waals surface area contributed by atoms with Gasteiger partial charge in [-0.05, 0) is 121 Å². The average molecular weight is 1170 g/mol. The lowest BCUT2D eigenvalue weighted by Gasteiger charge is -2.34. The van der Waals surface area contributed by atoms with E-state index in [1.807, 2.05) is 111 Å². The van der Waals surface area contributed by atoms with Gasteiger partial charge in [-0.3, -0.25) is 13.9 Å². The quantitative estimate of drug-likeness (QED) is 0.0251. The van der Waals surface area contributed by atoms with Crippen molar-refractivity contribution in [3.05, 3.63) is 291 Å². The lowest BCUT2D eigenvalue weighted by atomic mass is 9.68. The van der Waals surface area contributed by atoms with Gasteiger partial charge in [-0.15, -0.1) is 0 Å². The van der Waals surface area contributed by atoms with Crippen molar-refractivity contribution in [2.75, 3.05) is 0 Å². The van der Waals surface area contributed by atoms with E-state index in [0.717, 1.165) is 58.7 Å². The number of sulfone groups is 1. The van der Waals surface area contributed by atoms with Crippen LogP contribution in [0.2, 0.25) is 0 Å². The van der Waals surface area contributed by atoms with Gasteiger partial charge in [0.2, 0.25) is 0 Å². The number of aryl methyl sites for hydroxylation is 2. The number of hydrogen-bond acceptors (Lipinski definition) is 5. The Balaban J connectivity index is 0.000000234. The minimum absolute atomic E-state index is 0.0228. The summed E-state index contributed by atoms with van der Waals surface area (Å²) >= 11 is 0. The third-order valence-electron chi connectivity index (χ3n) is 13.8. The van der Waals surface area contributed by atoms with Crippen molar-refractivity contribution in [2.45, 2.75) is 65.9 Å². The highest BCUT2D eigenvalue weighted by Gasteiger charge is 2.52. The monoisotopic (exact) mass is 1160 g/mol. The van der Waals surface area contributed by atoms with Crippen molar-refractivity contribution in [1.82, 2.24) is 0 Å². The van der Waals surface area contributed by atoms with Crippen molar-refractivity contribution < 1.29 is 68.3 Å². The van der Waals surface area contributed by atoms with E-state index in [1.54, 1.807) is 36.4 Å². The fraction of sp³-hybridized carbons (Fsp3) is 0.159. The average Bonchev–Trinajstić information content (AvgIpc) is 3.59. The van der Waals surface area contributed by atoms with E-state index in [4.69, 9.17) is 19.6 Å². The van der Waals surface area contributed by atoms with Gasteiger partial charge in [-0.1, -0.05) is 193 Å². The van der Waals surface area contributed by atoms with Gasteiger partial charge in [0.1, 0.15) is 16.4 Å². The molecule has 0 aliphatic rings. The summed E-state index contributed by atoms with van der Waals surface area (Å²) in [4.78, 5) is 50.7. The molecule has 0 bridgehead atoms. The van der Waals surface area contributed by atoms with E-state index < -0.39 is 69.3 Å². The predicted octanol–water partition coefficient (Wildman–Crippen LogP) is 15.2. The molecule has 0 aliphatic heterocycles. The fourth-order valence-corrected chi connectivity index (χ4v) is 12.4. The summed E-state index contributed by atoms with van der Waals surface area (Å²) in [6, 6.07) is 51.9. The van der Waals surface area contributed by atoms with E-state index >= 15 is 0 Å². The molecule has 0 fully saturated rings. The van der Waals surface area contributed by atoms with E-state index in [2.05, 4.69) is 0 Å². The van der Waals surface area contributed by atoms with E-state index in [-0.39, 0.29) is 36.4 Å². The molecule has 8 aromatic carbocycles. The van der Waals surface area contributed by atoms with Crippen LogP contribution in [0.25, 0.3) is 12.2 Å². The van der Waals surface area contributed by atoms with Crippen LogP contribution in [-0.4, -0.2) is 33.8 Å². The second kappa shape index (κ2) is 25.3. The minimum atomic E-state index is -5.78. The molecule has 18 heteroatoms. The topological polar surface area (TPSA) is 166 Å². The summed E-state index contributed by atoms with van der Waals surface area (Å²) in [7, 11) is -15.8. The first-order chi connectivity index (χ1) is 38.2. The Morgan fingerprint density at radius 2 is 0.914 bits per heavy atom. The second-order valence-corrected chi connectivity index (χ2v) is 25.1. The molecule has 0 heterocycles. The molecular formula is C63H56F6O9P2S. The SMILES string of the molecule is Cc1ccc(C(C/C=C/c2ccccc2)(Cc2ccc(C(F)(F)P(=O)(O)O)cc2)S(=O)(=O)c2ccc(F)cc2)cc1.Cc1cccc(C(C/C=C/c2ccccc2)(Cc2ccc(C(F)(F)P(=O)(O)O)cc2)C(=O)c2ccc(F)cc2)c1. The van der Waals surface area contributed by atoms with Gasteiger partial charge in [0.15, 0.2) is 15.6 Å². The minimum Gasteiger partial charge on any atom is -0.320 e. The van der Waals surface area contributed by atoms with Crippen LogP contribution >= 0.6 is 15.2 Å². The molecule has 0 saturated carbocycles. The predicted molar refractivity (Wildman–Crippen MR) is 302 cm³/mol. The van der Waals surface area contributed by atoms with Gasteiger partial charge >= 0.3 is 26.5 Å². The van der Waals surface area contributed by atoms with Gasteiger partial charge in [0.25, 0.3) is 0 Å². The maximum Gasteiger partial charge on any atom is 0.399 e. The summed E-state index contributed by atoms with van der Waals surface area (Å²) in [6.07, 6.45) is 7.43. The second-order valence-electron chi connectivity index (χ2n) is 19.6. The molecule has 81 heavy (non-hydrogen) atoms. The Hall–Kier alpha value is -7.26. The normalized spacial score (nSPS) is 14.0. The van der Waals surface area contributed by atoms with Crippen LogP contribution in [0.5, 0.6) is 0 Å². The fourth-order valence-electron chi connectivity index (χ4n) is 9.34. The van der Waals surface area contributed by atoms with Gasteiger partial charge in [-0.25, -0.2) is 17.2 Å². The third kappa shape index (κ3) is 14.3. The lowest BCUT2D eigenvalue weighted by Crippen LogP contribution is -2.38. The molecule has 2 unspecified atom stereocenters. The van der Waals surface area contributed by atoms with Crippen LogP contribution in [0.4, 0.5) is 26.3 Å². The highest BCUT2D eigenvalue weighted by Crippen LogP contribution is 2.60. The molecule has 0 aromatic heterocycles. The number of halogens is 6. The Bertz CT molecular complexity index is 3710. The van der Waals surface area contributed by atoms with Crippen LogP contribution in [-0.2, 0) is 53.3 Å². The smallest absolute Gasteiger partial charge is 0.320 e. The van der Waals surface area contributed by atoms with Gasteiger partial charge in [-0.2, -0.15) is 17.6 Å². The van der Waals surface area contributed by atoms with E-state index in [1.165, 1.54) is 60.7 Å². The van der Waals surface area contributed by atoms with E-state index in [9.17, 15) is 48.7 Å². The standard InChI is InChI=1S/C32H28F3O4P.C31H28F3O5PS/c1-23-7-5-11-28(21-23)31(20-6-10-24-8-3-2-4-9-24,30(36)26-14-18-29(33)19-15-26)22-25-12-16-27(17-13-25)32(34,35)40(37,38)39;1-23-9-13-26(14-10-23)30(21-5-8-24-6-3-2-4-7-24,41(38,39)29-19-17-28(32)18-20-29)22-25-11-15-27(16-12-25)31(33,34)40(35,36)37/h2-19,21H,20,22H2,1H3,(H2,37,38,39);2-20H,21-22H2,1H3,(H2,35,36,37)/b10-6+;8-5+. The molecule has 2 atom stereocenters. The summed E-state index contributed by atoms with van der Waals surface area (Å²) in [5.74, 6) is -1.36. The number of carbonyl (C=O) groups excluding carboxylic acids is 1. The molecular weight excluding hydrogens is 1110 g/mol. The Morgan fingerprint density at radius 3 is 1.37 bits per heavy atom. The number of rotatable bonds is 20. The van der Waals surface area contributed by atoms with Gasteiger partial charge in [0, 0.05) is 16.7 Å². The lowest BCUT2D eigenvalue weighted by molar-refractivity contribution is 0.0564. The van der Waals surface area contributed by atoms with Crippen LogP contribution in [0.1, 0.15) is 78.8 Å². The molecule has 0 saturated heterocycles. The summed E-state index contributed by atoms with van der Waals surface area (Å²) in [5, 5.41) is 0. The Labute approximate surface area is 466 Å². The van der Waals surface area contributed by atoms with Crippen LogP contribution in [0.3, 0.4) is 0 Å². The van der Waals surface area contributed by atoms with Crippen molar-refractivity contribution in [3.8, 4) is 0 Å². The van der Waals surface area contributed by atoms with Gasteiger partial charge in [0.05, 0.1) is 10.3 Å². The Kier molecular flexibility index (Phi) is 19.1. The number of carbonyl (C=O) groups is 1. The molecule has 9 nitrogen and oxygen atoms in total. The molecule has 420 valence electrons. The third-order valence-corrected chi connectivity index (χ3v) is 18.2. The first kappa shape index (κ1) is 61.4. The molecule has 4 N–H and O–H groups in total. The molecule has 0 spiro atoms. The van der Waals surface area contributed by atoms with Crippen LogP contribution in [0.15, 0.2) is 223 Å². The molecule has 8 aromatic rings. The number of alkyl halides is 4. The molecule has 0 radical (unpaired) electrons. The van der Waals surface area contributed by atoms with Crippen molar-refractivity contribution in [2.24, 2.45) is 0 Å². The number of allylic oxidation sites excluding steroid dienone is 2. The first-order valence-electron chi connectivity index (χ1n) is 25.1. The summed E-state index contributed by atoms with van der Waals surface area (Å²) < 4.78 is 135. The van der Waals surface area contributed by atoms with Crippen molar-refractivity contribution >= 4 is 43.0 Å². The zero-order valence-corrected chi connectivity index (χ0v) is 46.3. The van der Waals surface area contributed by atoms with E-state index in [0.29, 0.717) is 27.8 Å². The maximum atomic E-state index is 14.5. The summed E-state index contributed by atoms with van der Waals surface area (Å²) in [5.41, 5.74) is -5.80. The van der Waals surface area contributed by atoms with Gasteiger partial charge < -0.3 is 19.6 Å². The van der Waals surface area contributed by atoms with Crippen molar-refractivity contribution in [3.63, 3.8) is 0 Å². The number of benzene rings is 8. The molecule has 8 rings (SSSR count). The first-order valence-corrected chi connectivity index (χ1v) is 29.8. The zero-order valence-electron chi connectivity index (χ0n) is 43.7. The number of ketones is 1. The largest absolute Gasteiger partial charge is 0.399 e. The van der Waals surface area contributed by atoms with Crippen LogP contribution < -0.4 is 0 Å². The highest BCUT2D eigenvalue weighted by molar-refractivity contribution is 7.92. The summed E-state index contributed by atoms with van der Waals surface area (Å²) in [6.45, 7) is 3.75. The number of Topliss-reactive ketones (excluding diaryl/α,β-unsaturated/α-hetero) is 1. The highest BCUT2D eigenvalue weighted by atomic mass is 32.2. The Morgan fingerprint density at radius 1 is 0.481 bits per heavy atom. The molecule has 0 amide bonds. The zero-order chi connectivity index (χ0) is 58.9. The maximum absolute atomic E-state index is 14.5. The number of hydrogen-bond donors (Lipinski definition) is 4. The molecule has 0 aliphatic carbocycles. The van der Waals surface area contributed by atoms with Crippen molar-refractivity contribution in [1.29, 1.82) is 0 Å². The van der Waals surface area contributed by atoms with Crippen LogP contribution in [0, 0.1) is 25.5 Å².